The van der Waals surface area contributed by atoms with Crippen molar-refractivity contribution in [3.8, 4) is 0 Å². The number of aryl methyl sites for hydroxylation is 1. The van der Waals surface area contributed by atoms with E-state index in [1.165, 1.54) is 35.5 Å². The number of methoxy groups -OCH3 is 1. The fraction of sp³-hybridized carbons (Fsp3) is 0.143. The molecule has 4 rings (SSSR count). The van der Waals surface area contributed by atoms with Crippen molar-refractivity contribution in [3.05, 3.63) is 74.2 Å². The summed E-state index contributed by atoms with van der Waals surface area (Å²) in [6.45, 7) is 1.60. The van der Waals surface area contributed by atoms with Gasteiger partial charge >= 0.3 is 11.9 Å². The van der Waals surface area contributed by atoms with E-state index in [4.69, 9.17) is 4.74 Å². The molecule has 1 aliphatic heterocycles. The van der Waals surface area contributed by atoms with Gasteiger partial charge in [-0.05, 0) is 42.6 Å². The molecule has 31 heavy (non-hydrogen) atoms. The van der Waals surface area contributed by atoms with E-state index in [1.807, 2.05) is 0 Å². The lowest BCUT2D eigenvalue weighted by Gasteiger charge is -2.21. The predicted molar refractivity (Wildman–Crippen MR) is 114 cm³/mol. The fourth-order valence-corrected chi connectivity index (χ4v) is 5.11. The molecule has 3 aromatic rings. The quantitative estimate of drug-likeness (QED) is 0.274. The zero-order chi connectivity index (χ0) is 22.3. The molecule has 2 aromatic heterocycles. The highest BCUT2D eigenvalue weighted by atomic mass is 32.1. The molecule has 1 amide bonds. The van der Waals surface area contributed by atoms with Crippen LogP contribution in [0.5, 0.6) is 0 Å². The van der Waals surface area contributed by atoms with Gasteiger partial charge in [-0.15, -0.1) is 11.3 Å². The van der Waals surface area contributed by atoms with E-state index >= 15 is 0 Å². The smallest absolute Gasteiger partial charge is 0.350 e. The number of aliphatic hydroxyl groups is 1. The van der Waals surface area contributed by atoms with Gasteiger partial charge in [0.1, 0.15) is 22.5 Å². The van der Waals surface area contributed by atoms with Crippen molar-refractivity contribution in [2.75, 3.05) is 12.0 Å². The summed E-state index contributed by atoms with van der Waals surface area (Å²) in [7, 11) is 1.24. The number of carbonyl (C=O) groups is 3. The average molecular weight is 458 g/mol. The molecule has 10 heteroatoms. The number of Topliss-reactive ketones (excluding diaryl/α,β-unsaturated/α-hetero) is 1. The minimum Gasteiger partial charge on any atom is -0.507 e. The number of hydrogen-bond acceptors (Lipinski definition) is 8. The van der Waals surface area contributed by atoms with Crippen molar-refractivity contribution >= 4 is 51.2 Å². The number of thiazole rings is 1. The van der Waals surface area contributed by atoms with Gasteiger partial charge in [-0.2, -0.15) is 0 Å². The number of esters is 1. The number of ether oxygens (including phenoxy) is 1. The van der Waals surface area contributed by atoms with Crippen LogP contribution < -0.4 is 4.90 Å². The minimum atomic E-state index is -0.943. The minimum absolute atomic E-state index is 0.133. The monoisotopic (exact) mass is 458 g/mol. The van der Waals surface area contributed by atoms with Gasteiger partial charge < -0.3 is 9.84 Å². The second-order valence-electron chi connectivity index (χ2n) is 6.59. The average Bonchev–Trinajstić information content (AvgIpc) is 3.47. The summed E-state index contributed by atoms with van der Waals surface area (Å²) >= 11 is 2.22. The molecule has 1 atom stereocenters. The second kappa shape index (κ2) is 8.05. The summed E-state index contributed by atoms with van der Waals surface area (Å²) in [6, 6.07) is 7.50. The van der Waals surface area contributed by atoms with E-state index in [-0.39, 0.29) is 21.1 Å². The van der Waals surface area contributed by atoms with Crippen molar-refractivity contribution in [2.45, 2.75) is 13.0 Å². The Kier molecular flexibility index (Phi) is 5.42. The van der Waals surface area contributed by atoms with E-state index < -0.39 is 35.3 Å². The molecule has 7 nitrogen and oxygen atoms in total. The number of halogens is 1. The number of amides is 1. The second-order valence-corrected chi connectivity index (χ2v) is 8.55. The number of rotatable bonds is 4. The zero-order valence-corrected chi connectivity index (χ0v) is 17.9. The summed E-state index contributed by atoms with van der Waals surface area (Å²) in [5, 5.41) is 12.8. The van der Waals surface area contributed by atoms with Crippen LogP contribution in [0.3, 0.4) is 0 Å². The standard InChI is InChI=1S/C21H15FN2O5S2/c1-10-18(20(28)29-2)31-21(23-10)24-15(13-4-3-9-30-13)14(17(26)19(24)27)16(25)11-5-7-12(22)8-6-11/h3-9,15,25H,1-2H3/b16-14+/t15-/m0/s1. The molecular weight excluding hydrogens is 443 g/mol. The van der Waals surface area contributed by atoms with E-state index in [0.29, 0.717) is 10.6 Å². The van der Waals surface area contributed by atoms with Crippen LogP contribution in [0.15, 0.2) is 47.4 Å². The lowest BCUT2D eigenvalue weighted by Crippen LogP contribution is -2.29. The van der Waals surface area contributed by atoms with Crippen LogP contribution in [0.1, 0.15) is 31.8 Å². The molecule has 0 bridgehead atoms. The molecular formula is C21H15FN2O5S2. The first-order chi connectivity index (χ1) is 14.8. The van der Waals surface area contributed by atoms with Crippen LogP contribution in [0.2, 0.25) is 0 Å². The number of aromatic nitrogens is 1. The maximum absolute atomic E-state index is 13.3. The van der Waals surface area contributed by atoms with Crippen LogP contribution in [0.4, 0.5) is 9.52 Å². The summed E-state index contributed by atoms with van der Waals surface area (Å²) in [5.41, 5.74) is 0.426. The molecule has 158 valence electrons. The first-order valence-electron chi connectivity index (χ1n) is 8.99. The van der Waals surface area contributed by atoms with Gasteiger partial charge in [0.15, 0.2) is 5.13 Å². The molecule has 1 aliphatic rings. The normalized spacial score (nSPS) is 17.9. The van der Waals surface area contributed by atoms with Crippen molar-refractivity contribution in [3.63, 3.8) is 0 Å². The Balaban J connectivity index is 1.90. The number of anilines is 1. The maximum atomic E-state index is 13.3. The topological polar surface area (TPSA) is 96.8 Å². The number of nitrogens with zero attached hydrogens (tertiary/aromatic N) is 2. The molecule has 0 saturated carbocycles. The third-order valence-electron chi connectivity index (χ3n) is 4.74. The Morgan fingerprint density at radius 3 is 2.55 bits per heavy atom. The van der Waals surface area contributed by atoms with Gasteiger partial charge in [-0.1, -0.05) is 17.4 Å². The van der Waals surface area contributed by atoms with E-state index in [1.54, 1.807) is 24.4 Å². The van der Waals surface area contributed by atoms with Crippen LogP contribution >= 0.6 is 22.7 Å². The van der Waals surface area contributed by atoms with Crippen molar-refractivity contribution in [1.82, 2.24) is 4.98 Å². The Bertz CT molecular complexity index is 1220. The van der Waals surface area contributed by atoms with Crippen LogP contribution in [0, 0.1) is 12.7 Å². The molecule has 1 N–H and O–H groups in total. The van der Waals surface area contributed by atoms with Gasteiger partial charge in [0.25, 0.3) is 5.78 Å². The molecule has 0 spiro atoms. The van der Waals surface area contributed by atoms with Crippen molar-refractivity contribution in [2.24, 2.45) is 0 Å². The summed E-state index contributed by atoms with van der Waals surface area (Å²) in [6.07, 6.45) is 0. The van der Waals surface area contributed by atoms with Crippen molar-refractivity contribution in [1.29, 1.82) is 0 Å². The summed E-state index contributed by atoms with van der Waals surface area (Å²) in [4.78, 5) is 44.3. The van der Waals surface area contributed by atoms with Gasteiger partial charge in [0.05, 0.1) is 18.4 Å². The van der Waals surface area contributed by atoms with Crippen LogP contribution in [0.25, 0.3) is 5.76 Å². The Morgan fingerprint density at radius 2 is 1.94 bits per heavy atom. The maximum Gasteiger partial charge on any atom is 0.350 e. The van der Waals surface area contributed by atoms with Gasteiger partial charge in [-0.3, -0.25) is 14.5 Å². The number of carbonyl (C=O) groups excluding carboxylic acids is 3. The SMILES string of the molecule is COC(=O)c1sc(N2C(=O)C(=O)/C(=C(/O)c3ccc(F)cc3)[C@@H]2c2cccs2)nc1C. The predicted octanol–water partition coefficient (Wildman–Crippen LogP) is 4.07. The molecule has 3 heterocycles. The van der Waals surface area contributed by atoms with E-state index in [9.17, 15) is 23.9 Å². The zero-order valence-electron chi connectivity index (χ0n) is 16.3. The number of hydrogen-bond donors (Lipinski definition) is 1. The lowest BCUT2D eigenvalue weighted by atomic mass is 10.00. The van der Waals surface area contributed by atoms with Crippen molar-refractivity contribution < 1.29 is 28.6 Å². The molecule has 1 aromatic carbocycles. The highest BCUT2D eigenvalue weighted by molar-refractivity contribution is 7.18. The molecule has 0 unspecified atom stereocenters. The van der Waals surface area contributed by atoms with E-state index in [2.05, 4.69) is 4.98 Å². The first-order valence-corrected chi connectivity index (χ1v) is 10.7. The van der Waals surface area contributed by atoms with Crippen LogP contribution in [-0.2, 0) is 14.3 Å². The van der Waals surface area contributed by atoms with Crippen LogP contribution in [-0.4, -0.2) is 34.9 Å². The van der Waals surface area contributed by atoms with E-state index in [0.717, 1.165) is 23.5 Å². The van der Waals surface area contributed by atoms with Gasteiger partial charge in [0, 0.05) is 10.4 Å². The number of aliphatic hydroxyl groups excluding tert-OH is 1. The number of thiophene rings is 1. The highest BCUT2D eigenvalue weighted by Crippen LogP contribution is 2.45. The Morgan fingerprint density at radius 1 is 1.23 bits per heavy atom. The summed E-state index contributed by atoms with van der Waals surface area (Å²) in [5.74, 6) is -3.29. The van der Waals surface area contributed by atoms with Gasteiger partial charge in [0.2, 0.25) is 0 Å². The number of ketones is 1. The molecule has 0 aliphatic carbocycles. The Labute approximate surface area is 184 Å². The molecule has 1 saturated heterocycles. The molecule has 0 radical (unpaired) electrons. The highest BCUT2D eigenvalue weighted by Gasteiger charge is 2.48. The lowest BCUT2D eigenvalue weighted by molar-refractivity contribution is -0.132. The third-order valence-corrected chi connectivity index (χ3v) is 6.80. The first kappa shape index (κ1) is 20.9. The number of benzene rings is 1. The van der Waals surface area contributed by atoms with Gasteiger partial charge in [-0.25, -0.2) is 14.2 Å². The third kappa shape index (κ3) is 3.53. The fourth-order valence-electron chi connectivity index (χ4n) is 3.28. The molecule has 1 fully saturated rings. The largest absolute Gasteiger partial charge is 0.507 e. The summed E-state index contributed by atoms with van der Waals surface area (Å²) < 4.78 is 18.1. The Hall–Kier alpha value is -3.37.